The number of nitrogens with zero attached hydrogens (tertiary/aromatic N) is 5. The second-order valence-corrected chi connectivity index (χ2v) is 6.98. The maximum atomic E-state index is 12.6. The summed E-state index contributed by atoms with van der Waals surface area (Å²) in [4.78, 5) is 26.1. The van der Waals surface area contributed by atoms with Gasteiger partial charge in [0.05, 0.1) is 24.4 Å². The molecule has 0 aliphatic carbocycles. The van der Waals surface area contributed by atoms with Gasteiger partial charge < -0.3 is 14.2 Å². The Morgan fingerprint density at radius 3 is 2.64 bits per heavy atom. The van der Waals surface area contributed by atoms with E-state index in [2.05, 4.69) is 24.3 Å². The third kappa shape index (κ3) is 3.57. The van der Waals surface area contributed by atoms with Crippen molar-refractivity contribution in [2.24, 2.45) is 7.05 Å². The Morgan fingerprint density at radius 1 is 1.14 bits per heavy atom. The zero-order valence-electron chi connectivity index (χ0n) is 16.3. The number of aromatic nitrogens is 3. The van der Waals surface area contributed by atoms with Crippen molar-refractivity contribution in [2.75, 3.05) is 37.7 Å². The summed E-state index contributed by atoms with van der Waals surface area (Å²) in [5.74, 6) is 0.751. The van der Waals surface area contributed by atoms with Crippen molar-refractivity contribution in [2.45, 2.75) is 13.5 Å². The molecule has 2 aromatic heterocycles. The molecule has 7 nitrogen and oxygen atoms in total. The standard InChI is InChI=1S/C21H25N5O2/c1-3-28-21(27)17-14-23-18-7-5-4-6-16(18)20(17)26-12-10-25(11-13-26)15-19-22-8-9-24(19)2/h4-9,14H,3,10-13,15H2,1-2H3. The van der Waals surface area contributed by atoms with Gasteiger partial charge in [-0.25, -0.2) is 9.78 Å². The number of fused-ring (bicyclic) bond motifs is 1. The molecule has 1 saturated heterocycles. The average molecular weight is 379 g/mol. The molecule has 0 unspecified atom stereocenters. The Morgan fingerprint density at radius 2 is 1.93 bits per heavy atom. The fraction of sp³-hybridized carbons (Fsp3) is 0.381. The van der Waals surface area contributed by atoms with Crippen molar-refractivity contribution in [1.82, 2.24) is 19.4 Å². The Hall–Kier alpha value is -2.93. The highest BCUT2D eigenvalue weighted by Gasteiger charge is 2.25. The number of anilines is 1. The summed E-state index contributed by atoms with van der Waals surface area (Å²) in [6.07, 6.45) is 5.45. The van der Waals surface area contributed by atoms with Crippen LogP contribution in [0.3, 0.4) is 0 Å². The van der Waals surface area contributed by atoms with E-state index in [-0.39, 0.29) is 5.97 Å². The summed E-state index contributed by atoms with van der Waals surface area (Å²) in [5.41, 5.74) is 2.36. The lowest BCUT2D eigenvalue weighted by molar-refractivity contribution is 0.0526. The molecule has 0 saturated carbocycles. The summed E-state index contributed by atoms with van der Waals surface area (Å²) in [5, 5.41) is 0.991. The first-order valence-electron chi connectivity index (χ1n) is 9.65. The monoisotopic (exact) mass is 379 g/mol. The molecule has 1 aromatic carbocycles. The van der Waals surface area contributed by atoms with E-state index in [0.717, 1.165) is 55.1 Å². The first kappa shape index (κ1) is 18.4. The molecule has 0 radical (unpaired) electrons. The molecule has 146 valence electrons. The highest BCUT2D eigenvalue weighted by atomic mass is 16.5. The number of carbonyl (C=O) groups excluding carboxylic acids is 1. The molecule has 0 amide bonds. The molecule has 0 N–H and O–H groups in total. The molecule has 0 spiro atoms. The lowest BCUT2D eigenvalue weighted by atomic mass is 10.1. The fourth-order valence-corrected chi connectivity index (χ4v) is 3.70. The number of para-hydroxylation sites is 1. The molecular formula is C21H25N5O2. The van der Waals surface area contributed by atoms with Crippen molar-refractivity contribution >= 4 is 22.6 Å². The van der Waals surface area contributed by atoms with E-state index in [4.69, 9.17) is 4.74 Å². The number of imidazole rings is 1. The van der Waals surface area contributed by atoms with E-state index in [1.165, 1.54) is 0 Å². The minimum Gasteiger partial charge on any atom is -0.462 e. The number of pyridine rings is 1. The predicted octanol–water partition coefficient (Wildman–Crippen LogP) is 2.47. The zero-order valence-corrected chi connectivity index (χ0v) is 16.3. The lowest BCUT2D eigenvalue weighted by Crippen LogP contribution is -2.46. The summed E-state index contributed by atoms with van der Waals surface area (Å²) in [6, 6.07) is 7.96. The summed E-state index contributed by atoms with van der Waals surface area (Å²) < 4.78 is 7.34. The van der Waals surface area contributed by atoms with Crippen LogP contribution in [0.25, 0.3) is 10.9 Å². The van der Waals surface area contributed by atoms with Crippen LogP contribution in [0.1, 0.15) is 23.1 Å². The van der Waals surface area contributed by atoms with Gasteiger partial charge in [-0.1, -0.05) is 18.2 Å². The molecule has 7 heteroatoms. The van der Waals surface area contributed by atoms with Gasteiger partial charge in [0.15, 0.2) is 0 Å². The van der Waals surface area contributed by atoms with Crippen molar-refractivity contribution < 1.29 is 9.53 Å². The molecular weight excluding hydrogens is 354 g/mol. The van der Waals surface area contributed by atoms with Crippen LogP contribution in [0.5, 0.6) is 0 Å². The molecule has 1 aliphatic heterocycles. The molecule has 28 heavy (non-hydrogen) atoms. The van der Waals surface area contributed by atoms with Gasteiger partial charge in [-0.2, -0.15) is 0 Å². The van der Waals surface area contributed by atoms with Crippen LogP contribution in [0.4, 0.5) is 5.69 Å². The first-order chi connectivity index (χ1) is 13.7. The number of hydrogen-bond donors (Lipinski definition) is 0. The number of ether oxygens (including phenoxy) is 1. The Balaban J connectivity index is 1.59. The number of hydrogen-bond acceptors (Lipinski definition) is 6. The molecule has 4 rings (SSSR count). The van der Waals surface area contributed by atoms with E-state index in [9.17, 15) is 4.79 Å². The van der Waals surface area contributed by atoms with E-state index in [1.807, 2.05) is 50.6 Å². The van der Waals surface area contributed by atoms with E-state index in [0.29, 0.717) is 12.2 Å². The second-order valence-electron chi connectivity index (χ2n) is 6.98. The van der Waals surface area contributed by atoms with Crippen LogP contribution in [-0.2, 0) is 18.3 Å². The number of aryl methyl sites for hydroxylation is 1. The summed E-state index contributed by atoms with van der Waals surface area (Å²) >= 11 is 0. The van der Waals surface area contributed by atoms with Crippen LogP contribution in [0, 0.1) is 0 Å². The minimum atomic E-state index is -0.314. The highest BCUT2D eigenvalue weighted by Crippen LogP contribution is 2.31. The Kier molecular flexibility index (Phi) is 5.25. The molecule has 0 bridgehead atoms. The van der Waals surface area contributed by atoms with Crippen molar-refractivity contribution in [3.8, 4) is 0 Å². The van der Waals surface area contributed by atoms with Gasteiger partial charge in [-0.15, -0.1) is 0 Å². The third-order valence-corrected chi connectivity index (χ3v) is 5.22. The number of rotatable bonds is 5. The topological polar surface area (TPSA) is 63.5 Å². The van der Waals surface area contributed by atoms with E-state index in [1.54, 1.807) is 6.20 Å². The molecule has 3 aromatic rings. The first-order valence-corrected chi connectivity index (χ1v) is 9.65. The summed E-state index contributed by atoms with van der Waals surface area (Å²) in [7, 11) is 2.02. The second kappa shape index (κ2) is 7.98. The van der Waals surface area contributed by atoms with Gasteiger partial charge in [-0.3, -0.25) is 9.88 Å². The molecule has 0 atom stereocenters. The summed E-state index contributed by atoms with van der Waals surface area (Å²) in [6.45, 7) is 6.50. The maximum absolute atomic E-state index is 12.6. The molecule has 1 aliphatic rings. The predicted molar refractivity (Wildman–Crippen MR) is 108 cm³/mol. The van der Waals surface area contributed by atoms with Gasteiger partial charge in [0.2, 0.25) is 0 Å². The largest absolute Gasteiger partial charge is 0.462 e. The van der Waals surface area contributed by atoms with Crippen LogP contribution in [0.15, 0.2) is 42.9 Å². The van der Waals surface area contributed by atoms with Crippen molar-refractivity contribution in [3.63, 3.8) is 0 Å². The van der Waals surface area contributed by atoms with Gasteiger partial charge in [-0.05, 0) is 13.0 Å². The van der Waals surface area contributed by atoms with Crippen LogP contribution in [0.2, 0.25) is 0 Å². The van der Waals surface area contributed by atoms with Crippen LogP contribution >= 0.6 is 0 Å². The SMILES string of the molecule is CCOC(=O)c1cnc2ccccc2c1N1CCN(Cc2nccn2C)CC1. The third-order valence-electron chi connectivity index (χ3n) is 5.22. The van der Waals surface area contributed by atoms with Gasteiger partial charge in [0, 0.05) is 57.2 Å². The molecule has 1 fully saturated rings. The van der Waals surface area contributed by atoms with Gasteiger partial charge >= 0.3 is 5.97 Å². The maximum Gasteiger partial charge on any atom is 0.341 e. The number of esters is 1. The minimum absolute atomic E-state index is 0.314. The number of benzene rings is 1. The van der Waals surface area contributed by atoms with Gasteiger partial charge in [0.25, 0.3) is 0 Å². The van der Waals surface area contributed by atoms with Crippen LogP contribution in [-0.4, -0.2) is 58.2 Å². The quantitative estimate of drug-likeness (QED) is 0.635. The van der Waals surface area contributed by atoms with Gasteiger partial charge in [0.1, 0.15) is 11.4 Å². The lowest BCUT2D eigenvalue weighted by Gasteiger charge is -2.37. The van der Waals surface area contributed by atoms with Crippen molar-refractivity contribution in [3.05, 3.63) is 54.2 Å². The van der Waals surface area contributed by atoms with E-state index >= 15 is 0 Å². The fourth-order valence-electron chi connectivity index (χ4n) is 3.70. The van der Waals surface area contributed by atoms with Crippen LogP contribution < -0.4 is 4.90 Å². The molecule has 3 heterocycles. The Labute approximate surface area is 164 Å². The zero-order chi connectivity index (χ0) is 19.5. The highest BCUT2D eigenvalue weighted by molar-refractivity contribution is 6.05. The average Bonchev–Trinajstić information content (AvgIpc) is 3.12. The number of piperazine rings is 1. The number of carbonyl (C=O) groups is 1. The smallest absolute Gasteiger partial charge is 0.341 e. The normalized spacial score (nSPS) is 15.1. The van der Waals surface area contributed by atoms with E-state index < -0.39 is 0 Å². The van der Waals surface area contributed by atoms with Crippen molar-refractivity contribution in [1.29, 1.82) is 0 Å². The Bertz CT molecular complexity index is 976.